The van der Waals surface area contributed by atoms with E-state index in [1.54, 1.807) is 0 Å². The summed E-state index contributed by atoms with van der Waals surface area (Å²) in [5.74, 6) is -0.274. The van der Waals surface area contributed by atoms with E-state index < -0.39 is 0 Å². The van der Waals surface area contributed by atoms with E-state index in [0.29, 0.717) is 5.56 Å². The van der Waals surface area contributed by atoms with Gasteiger partial charge in [0, 0.05) is 17.1 Å². The minimum Gasteiger partial charge on any atom is -0.465 e. The molecule has 3 rings (SSSR count). The second kappa shape index (κ2) is 7.64. The lowest BCUT2D eigenvalue weighted by atomic mass is 10.0. The minimum absolute atomic E-state index is 0.274. The number of carbonyl (C=O) groups is 1. The van der Waals surface area contributed by atoms with E-state index in [1.165, 1.54) is 64.4 Å². The van der Waals surface area contributed by atoms with Crippen LogP contribution in [0.2, 0.25) is 0 Å². The first-order chi connectivity index (χ1) is 11.3. The molecule has 0 atom stereocenters. The van der Waals surface area contributed by atoms with Crippen molar-refractivity contribution in [3.05, 3.63) is 35.5 Å². The van der Waals surface area contributed by atoms with Crippen LogP contribution in [0.25, 0.3) is 10.9 Å². The Bertz CT molecular complexity index is 656. The summed E-state index contributed by atoms with van der Waals surface area (Å²) in [5.41, 5.74) is 3.00. The van der Waals surface area contributed by atoms with Gasteiger partial charge < -0.3 is 14.6 Å². The second-order valence-electron chi connectivity index (χ2n) is 6.43. The van der Waals surface area contributed by atoms with Crippen molar-refractivity contribution in [3.63, 3.8) is 0 Å². The average Bonchev–Trinajstić information content (AvgIpc) is 3.01. The normalized spacial score (nSPS) is 15.9. The number of esters is 1. The van der Waals surface area contributed by atoms with Gasteiger partial charge in [0.15, 0.2) is 0 Å². The molecule has 1 aliphatic heterocycles. The number of ether oxygens (including phenoxy) is 1. The summed E-state index contributed by atoms with van der Waals surface area (Å²) in [7, 11) is 1.42. The van der Waals surface area contributed by atoms with E-state index in [0.717, 1.165) is 17.3 Å². The van der Waals surface area contributed by atoms with Crippen LogP contribution in [0.3, 0.4) is 0 Å². The van der Waals surface area contributed by atoms with E-state index >= 15 is 0 Å². The number of likely N-dealkylation sites (tertiary alicyclic amines) is 1. The number of aromatic nitrogens is 1. The highest BCUT2D eigenvalue weighted by molar-refractivity contribution is 5.95. The number of benzene rings is 1. The van der Waals surface area contributed by atoms with Gasteiger partial charge in [0.1, 0.15) is 0 Å². The van der Waals surface area contributed by atoms with Crippen molar-refractivity contribution in [1.82, 2.24) is 9.88 Å². The molecule has 0 saturated carbocycles. The van der Waals surface area contributed by atoms with Gasteiger partial charge in [-0.1, -0.05) is 6.42 Å². The molecule has 1 saturated heterocycles. The molecule has 1 fully saturated rings. The van der Waals surface area contributed by atoms with Crippen LogP contribution in [0, 0.1) is 0 Å². The number of fused-ring (bicyclic) bond motifs is 1. The monoisotopic (exact) mass is 314 g/mol. The van der Waals surface area contributed by atoms with Crippen molar-refractivity contribution >= 4 is 16.9 Å². The zero-order chi connectivity index (χ0) is 16.1. The van der Waals surface area contributed by atoms with Crippen LogP contribution in [0.4, 0.5) is 0 Å². The number of H-pyrrole nitrogens is 1. The summed E-state index contributed by atoms with van der Waals surface area (Å²) in [6.07, 6.45) is 9.67. The van der Waals surface area contributed by atoms with Gasteiger partial charge in [-0.3, -0.25) is 0 Å². The lowest BCUT2D eigenvalue weighted by Gasteiger charge is -2.26. The molecule has 0 unspecified atom stereocenters. The summed E-state index contributed by atoms with van der Waals surface area (Å²) in [4.78, 5) is 17.6. The number of hydrogen-bond acceptors (Lipinski definition) is 3. The largest absolute Gasteiger partial charge is 0.465 e. The Morgan fingerprint density at radius 3 is 2.83 bits per heavy atom. The molecular weight excluding hydrogens is 288 g/mol. The van der Waals surface area contributed by atoms with Gasteiger partial charge in [-0.2, -0.15) is 0 Å². The number of aromatic amines is 1. The lowest BCUT2D eigenvalue weighted by Crippen LogP contribution is -2.30. The molecule has 2 aromatic rings. The Morgan fingerprint density at radius 2 is 2.04 bits per heavy atom. The Balaban J connectivity index is 1.57. The van der Waals surface area contributed by atoms with E-state index in [9.17, 15) is 4.79 Å². The Kier molecular flexibility index (Phi) is 5.34. The summed E-state index contributed by atoms with van der Waals surface area (Å²) >= 11 is 0. The zero-order valence-corrected chi connectivity index (χ0v) is 13.9. The van der Waals surface area contributed by atoms with E-state index in [-0.39, 0.29) is 5.97 Å². The molecule has 4 heteroatoms. The van der Waals surface area contributed by atoms with Gasteiger partial charge in [0.25, 0.3) is 0 Å². The van der Waals surface area contributed by atoms with Crippen LogP contribution < -0.4 is 0 Å². The molecule has 0 aliphatic carbocycles. The number of nitrogens with zero attached hydrogens (tertiary/aromatic N) is 1. The second-order valence-corrected chi connectivity index (χ2v) is 6.43. The fraction of sp³-hybridized carbons (Fsp3) is 0.526. The fourth-order valence-electron chi connectivity index (χ4n) is 3.46. The van der Waals surface area contributed by atoms with Gasteiger partial charge >= 0.3 is 5.97 Å². The van der Waals surface area contributed by atoms with Crippen molar-refractivity contribution in [2.45, 2.75) is 38.5 Å². The molecule has 1 N–H and O–H groups in total. The standard InChI is InChI=1S/C19H26N2O2/c1-23-19(22)15-8-9-18-17(13-15)16(14-20-18)7-3-6-12-21-10-4-2-5-11-21/h8-9,13-14,20H,2-7,10-12H2,1H3. The highest BCUT2D eigenvalue weighted by atomic mass is 16.5. The quantitative estimate of drug-likeness (QED) is 0.652. The number of aryl methyl sites for hydroxylation is 1. The Hall–Kier alpha value is -1.81. The minimum atomic E-state index is -0.274. The average molecular weight is 314 g/mol. The van der Waals surface area contributed by atoms with Crippen LogP contribution >= 0.6 is 0 Å². The number of rotatable bonds is 6. The smallest absolute Gasteiger partial charge is 0.337 e. The highest BCUT2D eigenvalue weighted by Crippen LogP contribution is 2.22. The number of unbranched alkanes of at least 4 members (excludes halogenated alkanes) is 1. The van der Waals surface area contributed by atoms with Crippen molar-refractivity contribution in [1.29, 1.82) is 0 Å². The third-order valence-electron chi connectivity index (χ3n) is 4.81. The maximum atomic E-state index is 11.7. The molecule has 4 nitrogen and oxygen atoms in total. The van der Waals surface area contributed by atoms with Crippen LogP contribution in [-0.2, 0) is 11.2 Å². The zero-order valence-electron chi connectivity index (χ0n) is 13.9. The SMILES string of the molecule is COC(=O)c1ccc2[nH]cc(CCCCN3CCCCC3)c2c1. The number of hydrogen-bond donors (Lipinski definition) is 1. The number of nitrogens with one attached hydrogen (secondary N) is 1. The Morgan fingerprint density at radius 1 is 1.22 bits per heavy atom. The van der Waals surface area contributed by atoms with Crippen LogP contribution in [-0.4, -0.2) is 42.6 Å². The first kappa shape index (κ1) is 16.1. The van der Waals surface area contributed by atoms with Gasteiger partial charge in [-0.15, -0.1) is 0 Å². The Labute approximate surface area is 137 Å². The summed E-state index contributed by atoms with van der Waals surface area (Å²) in [6, 6.07) is 5.71. The summed E-state index contributed by atoms with van der Waals surface area (Å²) < 4.78 is 4.81. The number of piperidine rings is 1. The molecule has 0 spiro atoms. The van der Waals surface area contributed by atoms with Gasteiger partial charge in [0.2, 0.25) is 0 Å². The topological polar surface area (TPSA) is 45.3 Å². The number of methoxy groups -OCH3 is 1. The first-order valence-corrected chi connectivity index (χ1v) is 8.68. The van der Waals surface area contributed by atoms with Crippen molar-refractivity contribution in [2.24, 2.45) is 0 Å². The molecule has 124 valence electrons. The maximum Gasteiger partial charge on any atom is 0.337 e. The van der Waals surface area contributed by atoms with Gasteiger partial charge in [0.05, 0.1) is 12.7 Å². The van der Waals surface area contributed by atoms with Gasteiger partial charge in [-0.25, -0.2) is 4.79 Å². The molecule has 1 aromatic carbocycles. The molecule has 23 heavy (non-hydrogen) atoms. The first-order valence-electron chi connectivity index (χ1n) is 8.68. The number of carbonyl (C=O) groups excluding carboxylic acids is 1. The van der Waals surface area contributed by atoms with Crippen molar-refractivity contribution in [2.75, 3.05) is 26.7 Å². The lowest BCUT2D eigenvalue weighted by molar-refractivity contribution is 0.0601. The molecule has 1 aromatic heterocycles. The predicted octanol–water partition coefficient (Wildman–Crippen LogP) is 3.76. The molecule has 1 aliphatic rings. The van der Waals surface area contributed by atoms with Crippen LogP contribution in [0.15, 0.2) is 24.4 Å². The molecule has 0 amide bonds. The summed E-state index contributed by atoms with van der Waals surface area (Å²) in [5, 5.41) is 1.14. The van der Waals surface area contributed by atoms with Crippen LogP contribution in [0.1, 0.15) is 48.0 Å². The van der Waals surface area contributed by atoms with Crippen molar-refractivity contribution in [3.8, 4) is 0 Å². The van der Waals surface area contributed by atoms with Crippen molar-refractivity contribution < 1.29 is 9.53 Å². The van der Waals surface area contributed by atoms with E-state index in [2.05, 4.69) is 16.1 Å². The third-order valence-corrected chi connectivity index (χ3v) is 4.81. The fourth-order valence-corrected chi connectivity index (χ4v) is 3.46. The maximum absolute atomic E-state index is 11.7. The van der Waals surface area contributed by atoms with Crippen LogP contribution in [0.5, 0.6) is 0 Å². The molecule has 2 heterocycles. The van der Waals surface area contributed by atoms with E-state index in [1.807, 2.05) is 18.2 Å². The molecule has 0 radical (unpaired) electrons. The van der Waals surface area contributed by atoms with E-state index in [4.69, 9.17) is 4.74 Å². The third kappa shape index (κ3) is 3.94. The predicted molar refractivity (Wildman–Crippen MR) is 92.9 cm³/mol. The highest BCUT2D eigenvalue weighted by Gasteiger charge is 2.11. The molecular formula is C19H26N2O2. The van der Waals surface area contributed by atoms with Gasteiger partial charge in [-0.05, 0) is 75.5 Å². The summed E-state index contributed by atoms with van der Waals surface area (Å²) in [6.45, 7) is 3.76. The molecule has 0 bridgehead atoms.